The van der Waals surface area contributed by atoms with Crippen LogP contribution < -0.4 is 5.32 Å². The summed E-state index contributed by atoms with van der Waals surface area (Å²) in [6.45, 7) is 0.151. The summed E-state index contributed by atoms with van der Waals surface area (Å²) in [4.78, 5) is 12.4. The summed E-state index contributed by atoms with van der Waals surface area (Å²) in [5.41, 5.74) is 0.0709. The molecule has 1 heterocycles. The van der Waals surface area contributed by atoms with Crippen LogP contribution >= 0.6 is 11.6 Å². The standard InChI is InChI=1S/C20H18ClF2N3O3S/c21-16-11-14(5-6-18(16)23)30(28,29)26-9-7-13(8-10-26)20(27)25-19(12-24)15-3-1-2-4-17(15)22/h1-6,11,13,19H,7-10H2,(H,25,27). The fraction of sp³-hybridized carbons (Fsp3) is 0.300. The number of hydrogen-bond acceptors (Lipinski definition) is 4. The molecule has 3 rings (SSSR count). The van der Waals surface area contributed by atoms with E-state index in [1.165, 1.54) is 22.5 Å². The first-order chi connectivity index (χ1) is 14.2. The zero-order valence-corrected chi connectivity index (χ0v) is 17.3. The Hall–Kier alpha value is -2.54. The normalized spacial score (nSPS) is 16.6. The molecular formula is C20H18ClF2N3O3S. The first-order valence-electron chi connectivity index (χ1n) is 9.13. The van der Waals surface area contributed by atoms with Crippen molar-refractivity contribution in [2.45, 2.75) is 23.8 Å². The van der Waals surface area contributed by atoms with Crippen molar-refractivity contribution >= 4 is 27.5 Å². The van der Waals surface area contributed by atoms with E-state index in [0.29, 0.717) is 0 Å². The van der Waals surface area contributed by atoms with Crippen LogP contribution in [0.1, 0.15) is 24.4 Å². The van der Waals surface area contributed by atoms with Crippen LogP contribution in [0.5, 0.6) is 0 Å². The molecule has 1 atom stereocenters. The van der Waals surface area contributed by atoms with Crippen LogP contribution in [-0.2, 0) is 14.8 Å². The van der Waals surface area contributed by atoms with Gasteiger partial charge >= 0.3 is 0 Å². The monoisotopic (exact) mass is 453 g/mol. The van der Waals surface area contributed by atoms with Crippen LogP contribution in [0.15, 0.2) is 47.4 Å². The van der Waals surface area contributed by atoms with Gasteiger partial charge in [0.25, 0.3) is 0 Å². The lowest BCUT2D eigenvalue weighted by atomic mass is 9.96. The van der Waals surface area contributed by atoms with E-state index in [-0.39, 0.29) is 41.4 Å². The average Bonchev–Trinajstić information content (AvgIpc) is 2.74. The summed E-state index contributed by atoms with van der Waals surface area (Å²) in [7, 11) is -3.88. The van der Waals surface area contributed by atoms with E-state index in [1.54, 1.807) is 6.07 Å². The third-order valence-electron chi connectivity index (χ3n) is 4.99. The Morgan fingerprint density at radius 2 is 1.83 bits per heavy atom. The van der Waals surface area contributed by atoms with Gasteiger partial charge in [-0.05, 0) is 37.1 Å². The Balaban J connectivity index is 1.64. The maximum absolute atomic E-state index is 13.9. The van der Waals surface area contributed by atoms with Gasteiger partial charge in [-0.15, -0.1) is 0 Å². The van der Waals surface area contributed by atoms with Gasteiger partial charge in [-0.1, -0.05) is 29.8 Å². The maximum atomic E-state index is 13.9. The number of nitrogens with one attached hydrogen (secondary N) is 1. The first-order valence-corrected chi connectivity index (χ1v) is 11.0. The van der Waals surface area contributed by atoms with Crippen LogP contribution in [0.3, 0.4) is 0 Å². The number of piperidine rings is 1. The number of carbonyl (C=O) groups is 1. The number of nitrogens with zero attached hydrogens (tertiary/aromatic N) is 2. The highest BCUT2D eigenvalue weighted by molar-refractivity contribution is 7.89. The Labute approximate surface area is 178 Å². The second-order valence-corrected chi connectivity index (χ2v) is 9.19. The van der Waals surface area contributed by atoms with Crippen molar-refractivity contribution in [3.8, 4) is 6.07 Å². The molecule has 1 amide bonds. The molecule has 0 aliphatic carbocycles. The first kappa shape index (κ1) is 22.2. The third-order valence-corrected chi connectivity index (χ3v) is 7.17. The van der Waals surface area contributed by atoms with Gasteiger partial charge < -0.3 is 5.32 Å². The van der Waals surface area contributed by atoms with Gasteiger partial charge in [0.05, 0.1) is 16.0 Å². The van der Waals surface area contributed by atoms with Crippen LogP contribution in [-0.4, -0.2) is 31.7 Å². The minimum Gasteiger partial charge on any atom is -0.336 e. The number of sulfonamides is 1. The van der Waals surface area contributed by atoms with E-state index in [9.17, 15) is 27.3 Å². The van der Waals surface area contributed by atoms with Crippen LogP contribution in [0.4, 0.5) is 8.78 Å². The van der Waals surface area contributed by atoms with Crippen LogP contribution in [0.2, 0.25) is 5.02 Å². The van der Waals surface area contributed by atoms with Crippen molar-refractivity contribution in [1.82, 2.24) is 9.62 Å². The number of amides is 1. The van der Waals surface area contributed by atoms with Gasteiger partial charge in [0.15, 0.2) is 0 Å². The summed E-state index contributed by atoms with van der Waals surface area (Å²) in [5.74, 6) is -2.27. The van der Waals surface area contributed by atoms with E-state index in [0.717, 1.165) is 18.2 Å². The lowest BCUT2D eigenvalue weighted by Gasteiger charge is -2.31. The number of halogens is 3. The number of nitriles is 1. The van der Waals surface area contributed by atoms with Crippen LogP contribution in [0, 0.1) is 28.9 Å². The highest BCUT2D eigenvalue weighted by Gasteiger charge is 2.33. The minimum absolute atomic E-state index is 0.0709. The van der Waals surface area contributed by atoms with E-state index in [2.05, 4.69) is 5.32 Å². The Morgan fingerprint density at radius 3 is 2.43 bits per heavy atom. The largest absolute Gasteiger partial charge is 0.336 e. The van der Waals surface area contributed by atoms with E-state index >= 15 is 0 Å². The molecule has 6 nitrogen and oxygen atoms in total. The predicted molar refractivity (Wildman–Crippen MR) is 106 cm³/mol. The quantitative estimate of drug-likeness (QED) is 0.751. The van der Waals surface area contributed by atoms with Gasteiger partial charge in [0.1, 0.15) is 17.7 Å². The smallest absolute Gasteiger partial charge is 0.243 e. The average molecular weight is 454 g/mol. The molecule has 2 aromatic rings. The van der Waals surface area contributed by atoms with Crippen molar-refractivity contribution in [2.24, 2.45) is 5.92 Å². The number of benzene rings is 2. The number of hydrogen-bond donors (Lipinski definition) is 1. The summed E-state index contributed by atoms with van der Waals surface area (Å²) in [5, 5.41) is 11.5. The summed E-state index contributed by atoms with van der Waals surface area (Å²) in [6.07, 6.45) is 0.463. The lowest BCUT2D eigenvalue weighted by molar-refractivity contribution is -0.126. The third kappa shape index (κ3) is 4.61. The zero-order chi connectivity index (χ0) is 21.9. The van der Waals surface area contributed by atoms with Crippen molar-refractivity contribution in [1.29, 1.82) is 5.26 Å². The van der Waals surface area contributed by atoms with Crippen LogP contribution in [0.25, 0.3) is 0 Å². The zero-order valence-electron chi connectivity index (χ0n) is 15.7. The molecule has 10 heteroatoms. The lowest BCUT2D eigenvalue weighted by Crippen LogP contribution is -2.43. The molecule has 1 aliphatic heterocycles. The molecule has 0 spiro atoms. The highest BCUT2D eigenvalue weighted by Crippen LogP contribution is 2.27. The Bertz CT molecular complexity index is 1100. The SMILES string of the molecule is N#CC(NC(=O)C1CCN(S(=O)(=O)c2ccc(F)c(Cl)c2)CC1)c1ccccc1F. The molecule has 1 N–H and O–H groups in total. The predicted octanol–water partition coefficient (Wildman–Crippen LogP) is 3.40. The van der Waals surface area contributed by atoms with Crippen molar-refractivity contribution < 1.29 is 22.0 Å². The molecule has 1 unspecified atom stereocenters. The van der Waals surface area contributed by atoms with Crippen molar-refractivity contribution in [2.75, 3.05) is 13.1 Å². The van der Waals surface area contributed by atoms with Gasteiger partial charge in [-0.25, -0.2) is 17.2 Å². The van der Waals surface area contributed by atoms with Crippen molar-refractivity contribution in [3.63, 3.8) is 0 Å². The summed E-state index contributed by atoms with van der Waals surface area (Å²) in [6, 6.07) is 9.60. The second kappa shape index (κ2) is 9.08. The molecule has 0 saturated carbocycles. The van der Waals surface area contributed by atoms with E-state index < -0.39 is 39.5 Å². The minimum atomic E-state index is -3.88. The molecule has 1 aliphatic rings. The highest BCUT2D eigenvalue weighted by atomic mass is 35.5. The molecule has 0 radical (unpaired) electrons. The maximum Gasteiger partial charge on any atom is 0.243 e. The number of carbonyl (C=O) groups excluding carboxylic acids is 1. The molecule has 0 bridgehead atoms. The molecule has 158 valence electrons. The van der Waals surface area contributed by atoms with Gasteiger partial charge in [-0.2, -0.15) is 9.57 Å². The van der Waals surface area contributed by atoms with Crippen molar-refractivity contribution in [3.05, 3.63) is 64.7 Å². The molecule has 1 saturated heterocycles. The van der Waals surface area contributed by atoms with Gasteiger partial charge in [0, 0.05) is 24.6 Å². The van der Waals surface area contributed by atoms with E-state index in [4.69, 9.17) is 11.6 Å². The van der Waals surface area contributed by atoms with Gasteiger partial charge in [0.2, 0.25) is 15.9 Å². The fourth-order valence-electron chi connectivity index (χ4n) is 3.29. The Kier molecular flexibility index (Phi) is 6.71. The molecule has 0 aromatic heterocycles. The topological polar surface area (TPSA) is 90.3 Å². The number of rotatable bonds is 5. The van der Waals surface area contributed by atoms with Gasteiger partial charge in [-0.3, -0.25) is 4.79 Å². The molecule has 30 heavy (non-hydrogen) atoms. The molecular weight excluding hydrogens is 436 g/mol. The van der Waals surface area contributed by atoms with E-state index in [1.807, 2.05) is 6.07 Å². The Morgan fingerprint density at radius 1 is 1.17 bits per heavy atom. The molecule has 1 fully saturated rings. The molecule has 2 aromatic carbocycles. The summed E-state index contributed by atoms with van der Waals surface area (Å²) < 4.78 is 53.9. The summed E-state index contributed by atoms with van der Waals surface area (Å²) >= 11 is 5.68. The fourth-order valence-corrected chi connectivity index (χ4v) is 5.04. The second-order valence-electron chi connectivity index (χ2n) is 6.85.